The third kappa shape index (κ3) is 77.3. The Hall–Kier alpha value is 0.650. The number of hydrogen-bond donors (Lipinski definition) is 0. The molecule has 0 atom stereocenters. The molecule has 0 aliphatic carbocycles. The molecule has 34 valence electrons. The maximum Gasteiger partial charge on any atom is 0.216 e. The van der Waals surface area contributed by atoms with E-state index in [1.54, 1.807) is 0 Å². The fourth-order valence-corrected chi connectivity index (χ4v) is 0. The van der Waals surface area contributed by atoms with E-state index in [2.05, 4.69) is 0 Å². The lowest BCUT2D eigenvalue weighted by molar-refractivity contribution is -1.73. The van der Waals surface area contributed by atoms with Gasteiger partial charge >= 0.3 is 0 Å². The van der Waals surface area contributed by atoms with Crippen molar-refractivity contribution in [2.45, 2.75) is 0 Å². The minimum absolute atomic E-state index is 0. The van der Waals surface area contributed by atoms with Gasteiger partial charge in [0, 0.05) is 0 Å². The second-order valence-corrected chi connectivity index (χ2v) is 0.982. The molecule has 0 rings (SSSR count). The smallest absolute Gasteiger partial charge is 0.216 e. The van der Waals surface area contributed by atoms with Gasteiger partial charge in [-0.1, -0.05) is 0 Å². The maximum absolute atomic E-state index is 8.52. The zero-order valence-corrected chi connectivity index (χ0v) is 4.53. The van der Waals surface area contributed by atoms with Crippen LogP contribution in [-0.4, -0.2) is 0 Å². The van der Waals surface area contributed by atoms with E-state index in [0.717, 1.165) is 0 Å². The van der Waals surface area contributed by atoms with Crippen molar-refractivity contribution in [1.29, 1.82) is 0 Å². The van der Waals surface area contributed by atoms with Gasteiger partial charge in [0.2, 0.25) is 14.8 Å². The molecule has 0 heterocycles. The average Bonchev–Trinajstić information content (AvgIpc) is 0.811. The molecule has 3 nitrogen and oxygen atoms in total. The van der Waals surface area contributed by atoms with Crippen LogP contribution in [0.1, 0.15) is 0 Å². The summed E-state index contributed by atoms with van der Waals surface area (Å²) in [5.74, 6) is 0. The van der Waals surface area contributed by atoms with Crippen LogP contribution in [0.25, 0.3) is 0 Å². The Kier molecular flexibility index (Phi) is 8.53. The predicted octanol–water partition coefficient (Wildman–Crippen LogP) is -4.10. The van der Waals surface area contributed by atoms with Gasteiger partial charge in [-0.05, 0) is 0 Å². The lowest BCUT2D eigenvalue weighted by Crippen LogP contribution is -2.42. The second kappa shape index (κ2) is 4.65. The minimum atomic E-state index is -3.65. The van der Waals surface area contributed by atoms with Crippen LogP contribution in [-0.2, 0) is 0 Å². The van der Waals surface area contributed by atoms with Gasteiger partial charge in [0.25, 0.3) is 0 Å². The van der Waals surface area contributed by atoms with Crippen molar-refractivity contribution in [3.8, 4) is 0 Å². The van der Waals surface area contributed by atoms with Crippen LogP contribution in [0.5, 0.6) is 0 Å². The molecule has 5 heavy (non-hydrogen) atoms. The summed E-state index contributed by atoms with van der Waals surface area (Å²) in [4.78, 5) is 0. The van der Waals surface area contributed by atoms with Crippen molar-refractivity contribution < 1.29 is 39.8 Å². The summed E-state index contributed by atoms with van der Waals surface area (Å²) < 4.78 is 25.6. The van der Waals surface area contributed by atoms with Crippen molar-refractivity contribution in [3.05, 3.63) is 0 Å². The zero-order valence-electron chi connectivity index (χ0n) is 2.05. The summed E-state index contributed by atoms with van der Waals surface area (Å²) in [6, 6.07) is 0. The van der Waals surface area contributed by atoms with E-state index in [1.165, 1.54) is 0 Å². The molecule has 0 amide bonds. The molecule has 0 saturated heterocycles. The molecule has 0 saturated carbocycles. The van der Waals surface area contributed by atoms with Crippen LogP contribution in [0, 0.1) is 27.2 Å². The molecule has 0 aliphatic rings. The first-order valence-corrected chi connectivity index (χ1v) is 2.41. The largest absolute Gasteiger partial charge is 0.405 e. The van der Waals surface area contributed by atoms with Gasteiger partial charge in [-0.2, -0.15) is 0 Å². The van der Waals surface area contributed by atoms with E-state index in [9.17, 15) is 0 Å². The summed E-state index contributed by atoms with van der Waals surface area (Å²) >= 11 is -3.65. The molecule has 0 N–H and O–H groups in total. The first-order chi connectivity index (χ1) is 1.73. The fourth-order valence-electron chi connectivity index (χ4n) is 0. The molecule has 0 aromatic carbocycles. The fraction of sp³-hybridized carbons (Fsp3) is 0. The Morgan fingerprint density at radius 2 is 1.00 bits per heavy atom. The Bertz CT molecular complexity index is 11.6. The molecule has 0 bridgehead atoms. The van der Waals surface area contributed by atoms with Crippen LogP contribution in [0.3, 0.4) is 0 Å². The number of halogens is 2. The van der Waals surface area contributed by atoms with Crippen molar-refractivity contribution in [2.24, 2.45) is 0 Å². The molecule has 0 radical (unpaired) electrons. The van der Waals surface area contributed by atoms with Crippen molar-refractivity contribution in [1.82, 2.24) is 0 Å². The van der Waals surface area contributed by atoms with E-state index in [-0.39, 0.29) is 12.4 Å². The van der Waals surface area contributed by atoms with Crippen LogP contribution in [0.2, 0.25) is 0 Å². The van der Waals surface area contributed by atoms with Crippen molar-refractivity contribution in [3.63, 3.8) is 0 Å². The van der Waals surface area contributed by atoms with Crippen LogP contribution >= 0.6 is 0 Å². The lowest BCUT2D eigenvalue weighted by Gasteiger charge is -1.85. The van der Waals surface area contributed by atoms with Crippen molar-refractivity contribution >= 4 is 0 Å². The van der Waals surface area contributed by atoms with Crippen LogP contribution in [0.15, 0.2) is 0 Å². The molecular weight excluding hydrogens is 163 g/mol. The monoisotopic (exact) mass is 164 g/mol. The SMILES string of the molecule is [ClH2+].[O-][Br+2]([O-])[O-]. The Morgan fingerprint density at radius 3 is 1.00 bits per heavy atom. The van der Waals surface area contributed by atoms with Gasteiger partial charge in [-0.25, -0.2) is 0 Å². The van der Waals surface area contributed by atoms with E-state index in [0.29, 0.717) is 0 Å². The van der Waals surface area contributed by atoms with E-state index in [1.807, 2.05) is 0 Å². The predicted molar refractivity (Wildman–Crippen MR) is 2.79 cm³/mol. The molecule has 0 aliphatic heterocycles. The standard InChI is InChI=1S/BrO3.ClH2/c2-1(3)4;/h;1H2/q-1;+1. The Labute approximate surface area is 40.5 Å². The quantitative estimate of drug-likeness (QED) is 0.366. The summed E-state index contributed by atoms with van der Waals surface area (Å²) in [7, 11) is 0. The first-order valence-electron chi connectivity index (χ1n) is 0.463. The lowest BCUT2D eigenvalue weighted by atomic mass is 16.0. The maximum atomic E-state index is 8.52. The highest BCUT2D eigenvalue weighted by Crippen LogP contribution is 1.24. The topological polar surface area (TPSA) is 69.2 Å². The molecule has 0 spiro atoms. The normalized spacial score (nSPS) is 7.20. The zero-order chi connectivity index (χ0) is 3.58. The van der Waals surface area contributed by atoms with Crippen molar-refractivity contribution in [2.75, 3.05) is 0 Å². The summed E-state index contributed by atoms with van der Waals surface area (Å²) in [6.07, 6.45) is 0. The molecule has 0 aromatic rings. The van der Waals surface area contributed by atoms with Gasteiger partial charge in [0.15, 0.2) is 0 Å². The van der Waals surface area contributed by atoms with Gasteiger partial charge in [-0.15, -0.1) is 0 Å². The van der Waals surface area contributed by atoms with Gasteiger partial charge < -0.3 is 12.6 Å². The Morgan fingerprint density at radius 1 is 1.00 bits per heavy atom. The molecular formula is H2BrClO3. The van der Waals surface area contributed by atoms with E-state index in [4.69, 9.17) is 12.6 Å². The highest BCUT2D eigenvalue weighted by molar-refractivity contribution is 1.73. The second-order valence-electron chi connectivity index (χ2n) is 0.189. The third-order valence-electron chi connectivity index (χ3n) is 0. The third-order valence-corrected chi connectivity index (χ3v) is 0. The molecule has 5 heteroatoms. The number of rotatable bonds is 0. The molecule has 0 unspecified atom stereocenters. The van der Waals surface area contributed by atoms with Crippen LogP contribution in [0.4, 0.5) is 0 Å². The van der Waals surface area contributed by atoms with Gasteiger partial charge in [0.1, 0.15) is 0 Å². The average molecular weight is 165 g/mol. The minimum Gasteiger partial charge on any atom is -0.405 e. The Balaban J connectivity index is 0. The number of hydrogen-bond acceptors (Lipinski definition) is 3. The first kappa shape index (κ1) is 9.17. The van der Waals surface area contributed by atoms with Gasteiger partial charge in [-0.3, -0.25) is 0 Å². The summed E-state index contributed by atoms with van der Waals surface area (Å²) in [5, 5.41) is 0. The molecule has 0 fully saturated rings. The van der Waals surface area contributed by atoms with Gasteiger partial charge in [0.05, 0.1) is 12.4 Å². The highest BCUT2D eigenvalue weighted by Gasteiger charge is 1.67. The van der Waals surface area contributed by atoms with E-state index >= 15 is 0 Å². The van der Waals surface area contributed by atoms with E-state index < -0.39 is 14.8 Å². The molecule has 0 aromatic heterocycles. The van der Waals surface area contributed by atoms with Crippen LogP contribution < -0.4 is 12.6 Å². The summed E-state index contributed by atoms with van der Waals surface area (Å²) in [5.41, 5.74) is 0. The highest BCUT2D eigenvalue weighted by atomic mass is 80.0. The summed E-state index contributed by atoms with van der Waals surface area (Å²) in [6.45, 7) is 0.